The van der Waals surface area contributed by atoms with E-state index >= 15 is 0 Å². The molecule has 2 rings (SSSR count). The molecule has 24 heavy (non-hydrogen) atoms. The molecule has 1 N–H and O–H groups in total. The van der Waals surface area contributed by atoms with Gasteiger partial charge in [-0.05, 0) is 50.9 Å². The fraction of sp³-hybridized carbons (Fsp3) is 0.562. The number of aliphatic carboxylic acids is 1. The van der Waals surface area contributed by atoms with Crippen LogP contribution in [-0.2, 0) is 14.8 Å². The molecule has 134 valence electrons. The summed E-state index contributed by atoms with van der Waals surface area (Å²) in [5, 5.41) is 8.88. The number of carbonyl (C=O) groups is 1. The van der Waals surface area contributed by atoms with Gasteiger partial charge in [-0.25, -0.2) is 12.8 Å². The van der Waals surface area contributed by atoms with Crippen LogP contribution in [0.4, 0.5) is 4.39 Å². The first-order chi connectivity index (χ1) is 11.2. The van der Waals surface area contributed by atoms with Gasteiger partial charge in [0.1, 0.15) is 10.7 Å². The van der Waals surface area contributed by atoms with Crippen LogP contribution in [0.3, 0.4) is 0 Å². The number of aryl methyl sites for hydroxylation is 1. The minimum atomic E-state index is -3.88. The molecule has 0 saturated carbocycles. The van der Waals surface area contributed by atoms with Crippen LogP contribution in [0, 0.1) is 12.7 Å². The summed E-state index contributed by atoms with van der Waals surface area (Å²) >= 11 is 0. The van der Waals surface area contributed by atoms with Crippen LogP contribution in [0.5, 0.6) is 0 Å². The third-order valence-electron chi connectivity index (χ3n) is 4.37. The second-order valence-electron chi connectivity index (χ2n) is 6.23. The maximum absolute atomic E-state index is 14.1. The zero-order valence-electron chi connectivity index (χ0n) is 13.9. The van der Waals surface area contributed by atoms with Gasteiger partial charge in [0, 0.05) is 19.1 Å². The summed E-state index contributed by atoms with van der Waals surface area (Å²) in [6, 6.07) is 4.11. The van der Waals surface area contributed by atoms with Crippen LogP contribution in [0.15, 0.2) is 23.1 Å². The molecule has 0 radical (unpaired) electrons. The highest BCUT2D eigenvalue weighted by Gasteiger charge is 2.30. The summed E-state index contributed by atoms with van der Waals surface area (Å²) in [4.78, 5) is 12.2. The van der Waals surface area contributed by atoms with Gasteiger partial charge in [0.05, 0.1) is 6.54 Å². The van der Waals surface area contributed by atoms with Crippen molar-refractivity contribution >= 4 is 16.0 Å². The number of rotatable bonds is 5. The highest BCUT2D eigenvalue weighted by atomic mass is 32.2. The smallest absolute Gasteiger partial charge is 0.317 e. The molecular weight excluding hydrogens is 335 g/mol. The van der Waals surface area contributed by atoms with Crippen LogP contribution >= 0.6 is 0 Å². The van der Waals surface area contributed by atoms with E-state index in [2.05, 4.69) is 0 Å². The Morgan fingerprint density at radius 2 is 2.08 bits per heavy atom. The summed E-state index contributed by atoms with van der Waals surface area (Å²) in [7, 11) is -2.16. The standard InChI is InChI=1S/C16H23FN2O4S/c1-12-5-6-15(14(17)10-12)24(22,23)19-8-3-4-13(7-9-19)18(2)11-16(20)21/h5-6,10,13H,3-4,7-9,11H2,1-2H3,(H,20,21). The zero-order chi connectivity index (χ0) is 17.9. The highest BCUT2D eigenvalue weighted by Crippen LogP contribution is 2.24. The number of hydrogen-bond donors (Lipinski definition) is 1. The molecule has 6 nitrogen and oxygen atoms in total. The third kappa shape index (κ3) is 4.31. The Bertz CT molecular complexity index is 708. The van der Waals surface area contributed by atoms with E-state index < -0.39 is 21.8 Å². The predicted octanol–water partition coefficient (Wildman–Crippen LogP) is 1.69. The van der Waals surface area contributed by atoms with Crippen molar-refractivity contribution in [1.82, 2.24) is 9.21 Å². The Kier molecular flexibility index (Phi) is 5.95. The van der Waals surface area contributed by atoms with Crippen LogP contribution in [0.2, 0.25) is 0 Å². The van der Waals surface area contributed by atoms with Gasteiger partial charge in [-0.1, -0.05) is 6.07 Å². The highest BCUT2D eigenvalue weighted by molar-refractivity contribution is 7.89. The third-order valence-corrected chi connectivity index (χ3v) is 6.30. The van der Waals surface area contributed by atoms with Crippen molar-refractivity contribution in [3.63, 3.8) is 0 Å². The lowest BCUT2D eigenvalue weighted by atomic mass is 10.1. The van der Waals surface area contributed by atoms with E-state index in [9.17, 15) is 17.6 Å². The molecule has 1 aromatic carbocycles. The maximum atomic E-state index is 14.1. The van der Waals surface area contributed by atoms with Crippen molar-refractivity contribution in [2.24, 2.45) is 0 Å². The molecule has 1 fully saturated rings. The number of carboxylic acid groups (broad SMARTS) is 1. The molecule has 1 heterocycles. The molecule has 0 spiro atoms. The van der Waals surface area contributed by atoms with Crippen molar-refractivity contribution in [1.29, 1.82) is 0 Å². The van der Waals surface area contributed by atoms with Gasteiger partial charge in [0.2, 0.25) is 10.0 Å². The van der Waals surface area contributed by atoms with Gasteiger partial charge >= 0.3 is 5.97 Å². The fourth-order valence-electron chi connectivity index (χ4n) is 3.03. The molecule has 1 saturated heterocycles. The predicted molar refractivity (Wildman–Crippen MR) is 87.8 cm³/mol. The lowest BCUT2D eigenvalue weighted by Crippen LogP contribution is -2.37. The Morgan fingerprint density at radius 3 is 2.71 bits per heavy atom. The summed E-state index contributed by atoms with van der Waals surface area (Å²) in [6.45, 7) is 2.19. The number of nitrogens with zero attached hydrogens (tertiary/aromatic N) is 2. The topological polar surface area (TPSA) is 77.9 Å². The van der Waals surface area contributed by atoms with E-state index in [4.69, 9.17) is 5.11 Å². The van der Waals surface area contributed by atoms with Gasteiger partial charge in [-0.2, -0.15) is 4.31 Å². The minimum absolute atomic E-state index is 0.00386. The molecule has 0 aromatic heterocycles. The van der Waals surface area contributed by atoms with Gasteiger partial charge in [-0.15, -0.1) is 0 Å². The molecule has 1 aromatic rings. The van der Waals surface area contributed by atoms with E-state index in [1.54, 1.807) is 24.9 Å². The maximum Gasteiger partial charge on any atom is 0.317 e. The number of likely N-dealkylation sites (N-methyl/N-ethyl adjacent to an activating group) is 1. The largest absolute Gasteiger partial charge is 0.480 e. The number of halogens is 1. The van der Waals surface area contributed by atoms with E-state index in [-0.39, 0.29) is 24.0 Å². The first-order valence-electron chi connectivity index (χ1n) is 7.90. The number of carboxylic acids is 1. The summed E-state index contributed by atoms with van der Waals surface area (Å²) < 4.78 is 40.8. The molecule has 1 atom stereocenters. The molecule has 1 aliphatic heterocycles. The van der Waals surface area contributed by atoms with E-state index in [1.165, 1.54) is 16.4 Å². The number of sulfonamides is 1. The molecule has 8 heteroatoms. The Balaban J connectivity index is 2.14. The first-order valence-corrected chi connectivity index (χ1v) is 9.34. The summed E-state index contributed by atoms with van der Waals surface area (Å²) in [5.74, 6) is -1.65. The van der Waals surface area contributed by atoms with Crippen molar-refractivity contribution in [3.8, 4) is 0 Å². The second-order valence-corrected chi connectivity index (χ2v) is 8.14. The zero-order valence-corrected chi connectivity index (χ0v) is 14.7. The van der Waals surface area contributed by atoms with Crippen LogP contribution < -0.4 is 0 Å². The molecule has 1 unspecified atom stereocenters. The summed E-state index contributed by atoms with van der Waals surface area (Å²) in [5.41, 5.74) is 0.665. The van der Waals surface area contributed by atoms with E-state index in [0.717, 1.165) is 0 Å². The Morgan fingerprint density at radius 1 is 1.38 bits per heavy atom. The van der Waals surface area contributed by atoms with Crippen molar-refractivity contribution < 1.29 is 22.7 Å². The average molecular weight is 358 g/mol. The normalized spacial score (nSPS) is 20.1. The van der Waals surface area contributed by atoms with Gasteiger partial charge in [-0.3, -0.25) is 9.69 Å². The average Bonchev–Trinajstić information content (AvgIpc) is 2.72. The Labute approximate surface area is 141 Å². The molecule has 1 aliphatic rings. The van der Waals surface area contributed by atoms with Gasteiger partial charge < -0.3 is 5.11 Å². The van der Waals surface area contributed by atoms with Crippen molar-refractivity contribution in [2.75, 3.05) is 26.7 Å². The lowest BCUT2D eigenvalue weighted by molar-refractivity contribution is -0.138. The SMILES string of the molecule is Cc1ccc(S(=O)(=O)N2CCCC(N(C)CC(=O)O)CC2)c(F)c1. The quantitative estimate of drug-likeness (QED) is 0.867. The Hall–Kier alpha value is -1.51. The van der Waals surface area contributed by atoms with Crippen LogP contribution in [0.25, 0.3) is 0 Å². The first kappa shape index (κ1) is 18.8. The van der Waals surface area contributed by atoms with Crippen LogP contribution in [0.1, 0.15) is 24.8 Å². The van der Waals surface area contributed by atoms with Crippen LogP contribution in [-0.4, -0.2) is 61.4 Å². The monoisotopic (exact) mass is 358 g/mol. The number of benzene rings is 1. The van der Waals surface area contributed by atoms with Gasteiger partial charge in [0.15, 0.2) is 0 Å². The van der Waals surface area contributed by atoms with E-state index in [0.29, 0.717) is 31.4 Å². The molecule has 0 bridgehead atoms. The molecule has 0 amide bonds. The van der Waals surface area contributed by atoms with Gasteiger partial charge in [0.25, 0.3) is 0 Å². The van der Waals surface area contributed by atoms with Crippen molar-refractivity contribution in [3.05, 3.63) is 29.6 Å². The minimum Gasteiger partial charge on any atom is -0.480 e. The van der Waals surface area contributed by atoms with E-state index in [1.807, 2.05) is 0 Å². The molecular formula is C16H23FN2O4S. The fourth-order valence-corrected chi connectivity index (χ4v) is 4.57. The number of hydrogen-bond acceptors (Lipinski definition) is 4. The summed E-state index contributed by atoms with van der Waals surface area (Å²) in [6.07, 6.45) is 1.85. The second kappa shape index (κ2) is 7.58. The van der Waals surface area contributed by atoms with Crippen molar-refractivity contribution in [2.45, 2.75) is 37.1 Å². The lowest BCUT2D eigenvalue weighted by Gasteiger charge is -2.25. The molecule has 0 aliphatic carbocycles.